The molecule has 192 valence electrons. The number of rotatable bonds is 10. The number of carbonyl (C=O) groups excluding carboxylic acids is 3. The highest BCUT2D eigenvalue weighted by atomic mass is 16.5. The van der Waals surface area contributed by atoms with Gasteiger partial charge in [0, 0.05) is 13.1 Å². The van der Waals surface area contributed by atoms with Crippen molar-refractivity contribution in [1.29, 1.82) is 0 Å². The van der Waals surface area contributed by atoms with Crippen molar-refractivity contribution in [2.75, 3.05) is 19.6 Å². The number of hydroxylamine groups is 2. The number of benzene rings is 1. The van der Waals surface area contributed by atoms with Crippen LogP contribution in [0.15, 0.2) is 24.3 Å². The summed E-state index contributed by atoms with van der Waals surface area (Å²) < 4.78 is 1.95. The zero-order valence-corrected chi connectivity index (χ0v) is 21.2. The second-order valence-electron chi connectivity index (χ2n) is 10.5. The van der Waals surface area contributed by atoms with Gasteiger partial charge in [-0.05, 0) is 36.8 Å². The van der Waals surface area contributed by atoms with Gasteiger partial charge in [0.25, 0.3) is 0 Å². The highest BCUT2D eigenvalue weighted by Crippen LogP contribution is 2.28. The molecule has 0 bridgehead atoms. The average molecular weight is 487 g/mol. The largest absolute Gasteiger partial charge is 0.344 e. The van der Waals surface area contributed by atoms with Crippen LogP contribution in [0.1, 0.15) is 65.8 Å². The Morgan fingerprint density at radius 2 is 1.94 bits per heavy atom. The molecule has 2 N–H and O–H groups in total. The first-order valence-corrected chi connectivity index (χ1v) is 12.5. The van der Waals surface area contributed by atoms with Crippen LogP contribution in [0.25, 0.3) is 11.0 Å². The minimum Gasteiger partial charge on any atom is -0.344 e. The van der Waals surface area contributed by atoms with Crippen molar-refractivity contribution in [2.45, 2.75) is 71.9 Å². The third kappa shape index (κ3) is 6.56. The number of para-hydroxylation sites is 1. The molecule has 0 spiro atoms. The Hall–Kier alpha value is -3.01. The van der Waals surface area contributed by atoms with Crippen molar-refractivity contribution < 1.29 is 19.6 Å². The lowest BCUT2D eigenvalue weighted by molar-refractivity contribution is -0.155. The number of carbonyl (C=O) groups is 3. The van der Waals surface area contributed by atoms with Crippen molar-refractivity contribution in [3.8, 4) is 0 Å². The molecule has 1 aliphatic heterocycles. The average Bonchev–Trinajstić information content (AvgIpc) is 3.28. The van der Waals surface area contributed by atoms with Crippen LogP contribution >= 0.6 is 0 Å². The lowest BCUT2D eigenvalue weighted by Gasteiger charge is -2.38. The summed E-state index contributed by atoms with van der Waals surface area (Å²) >= 11 is 0. The van der Waals surface area contributed by atoms with Gasteiger partial charge >= 0.3 is 0 Å². The summed E-state index contributed by atoms with van der Waals surface area (Å²) in [6.45, 7) is 8.82. The normalized spacial score (nSPS) is 16.7. The van der Waals surface area contributed by atoms with Crippen LogP contribution in [0.4, 0.5) is 0 Å². The van der Waals surface area contributed by atoms with Gasteiger partial charge in [-0.2, -0.15) is 0 Å². The smallest absolute Gasteiger partial charge is 0.245 e. The van der Waals surface area contributed by atoms with Crippen LogP contribution in [0.3, 0.4) is 0 Å². The molecule has 0 radical (unpaired) electrons. The van der Waals surface area contributed by atoms with E-state index in [1.165, 1.54) is 0 Å². The van der Waals surface area contributed by atoms with Crippen LogP contribution < -0.4 is 5.32 Å². The van der Waals surface area contributed by atoms with Crippen LogP contribution in [0.2, 0.25) is 0 Å². The molecule has 1 aliphatic rings. The molecule has 1 saturated heterocycles. The second-order valence-corrected chi connectivity index (χ2v) is 10.5. The van der Waals surface area contributed by atoms with Crippen molar-refractivity contribution >= 4 is 29.3 Å². The predicted octanol–water partition coefficient (Wildman–Crippen LogP) is 2.78. The first-order valence-electron chi connectivity index (χ1n) is 12.5. The van der Waals surface area contributed by atoms with Gasteiger partial charge in [-0.1, -0.05) is 57.9 Å². The number of hydrogen-bond acceptors (Lipinski definition) is 6. The Morgan fingerprint density at radius 1 is 1.26 bits per heavy atom. The minimum absolute atomic E-state index is 0.0996. The maximum Gasteiger partial charge on any atom is 0.245 e. The van der Waals surface area contributed by atoms with Crippen LogP contribution in [-0.4, -0.2) is 74.1 Å². The number of unbranched alkanes of at least 4 members (excludes halogenated alkanes) is 1. The van der Waals surface area contributed by atoms with E-state index in [0.29, 0.717) is 31.0 Å². The Morgan fingerprint density at radius 3 is 2.57 bits per heavy atom. The first kappa shape index (κ1) is 26.6. The molecule has 1 aromatic heterocycles. The number of likely N-dealkylation sites (tertiary alicyclic amines) is 1. The number of nitrogens with zero attached hydrogens (tertiary/aromatic N) is 5. The lowest BCUT2D eigenvalue weighted by atomic mass is 9.84. The molecule has 10 nitrogen and oxygen atoms in total. The van der Waals surface area contributed by atoms with Gasteiger partial charge in [0.1, 0.15) is 11.6 Å². The number of piperidine rings is 1. The summed E-state index contributed by atoms with van der Waals surface area (Å²) in [6, 6.07) is 7.29. The third-order valence-electron chi connectivity index (χ3n) is 6.71. The molecule has 10 heteroatoms. The van der Waals surface area contributed by atoms with Crippen LogP contribution in [-0.2, 0) is 14.4 Å². The van der Waals surface area contributed by atoms with Gasteiger partial charge in [-0.15, -0.1) is 5.10 Å². The van der Waals surface area contributed by atoms with Gasteiger partial charge in [0.15, 0.2) is 0 Å². The number of fused-ring (bicyclic) bond motifs is 1. The van der Waals surface area contributed by atoms with Crippen molar-refractivity contribution in [1.82, 2.24) is 30.3 Å². The van der Waals surface area contributed by atoms with E-state index in [0.717, 1.165) is 36.7 Å². The van der Waals surface area contributed by atoms with E-state index in [1.54, 1.807) is 0 Å². The van der Waals surface area contributed by atoms with Gasteiger partial charge in [-0.25, -0.2) is 9.75 Å². The highest BCUT2D eigenvalue weighted by Gasteiger charge is 2.38. The molecule has 0 saturated carbocycles. The SMILES string of the molecule is CCCCC(CN(O)C=O)C(=O)NC(C(=O)N1CCC(n2nnc3ccccc32)CC1)C(C)(C)C. The molecule has 35 heavy (non-hydrogen) atoms. The van der Waals surface area contributed by atoms with Crippen molar-refractivity contribution in [3.05, 3.63) is 24.3 Å². The summed E-state index contributed by atoms with van der Waals surface area (Å²) in [7, 11) is 0. The Balaban J connectivity index is 1.67. The second kappa shape index (κ2) is 11.6. The Kier molecular flexibility index (Phi) is 8.82. The van der Waals surface area contributed by atoms with E-state index in [1.807, 2.05) is 61.5 Å². The molecule has 2 aromatic rings. The molecular formula is C25H38N6O4. The zero-order chi connectivity index (χ0) is 25.6. The molecule has 3 rings (SSSR count). The third-order valence-corrected chi connectivity index (χ3v) is 6.71. The number of amides is 3. The molecule has 0 aliphatic carbocycles. The molecule has 3 amide bonds. The summed E-state index contributed by atoms with van der Waals surface area (Å²) in [5.74, 6) is -1.02. The number of aromatic nitrogens is 3. The van der Waals surface area contributed by atoms with E-state index in [-0.39, 0.29) is 24.4 Å². The summed E-state index contributed by atoms with van der Waals surface area (Å²) in [5, 5.41) is 21.7. The standard InChI is InChI=1S/C25H38N6O4/c1-5-6-9-18(16-30(35)17-32)23(33)26-22(25(2,3)4)24(34)29-14-12-19(13-15-29)31-21-11-8-7-10-20(21)27-28-31/h7-8,10-11,17-19,22,35H,5-6,9,12-16H2,1-4H3,(H,26,33). The van der Waals surface area contributed by atoms with Crippen LogP contribution in [0.5, 0.6) is 0 Å². The number of hydrogen-bond donors (Lipinski definition) is 2. The van der Waals surface area contributed by atoms with Crippen molar-refractivity contribution in [3.63, 3.8) is 0 Å². The first-order chi connectivity index (χ1) is 16.7. The Labute approximate surface area is 206 Å². The topological polar surface area (TPSA) is 121 Å². The van der Waals surface area contributed by atoms with Gasteiger partial charge in [-0.3, -0.25) is 19.6 Å². The van der Waals surface area contributed by atoms with E-state index >= 15 is 0 Å². The van der Waals surface area contributed by atoms with Crippen LogP contribution in [0, 0.1) is 11.3 Å². The molecular weight excluding hydrogens is 448 g/mol. The molecule has 2 atom stereocenters. The molecule has 1 fully saturated rings. The van der Waals surface area contributed by atoms with Gasteiger partial charge in [0.05, 0.1) is 24.0 Å². The minimum atomic E-state index is -0.716. The summed E-state index contributed by atoms with van der Waals surface area (Å²) in [4.78, 5) is 39.4. The molecule has 2 heterocycles. The maximum atomic E-state index is 13.6. The fraction of sp³-hybridized carbons (Fsp3) is 0.640. The van der Waals surface area contributed by atoms with E-state index in [9.17, 15) is 19.6 Å². The lowest BCUT2D eigenvalue weighted by Crippen LogP contribution is -2.57. The summed E-state index contributed by atoms with van der Waals surface area (Å²) in [6.07, 6.45) is 3.98. The molecule has 1 aromatic carbocycles. The molecule has 2 unspecified atom stereocenters. The van der Waals surface area contributed by atoms with Crippen molar-refractivity contribution in [2.24, 2.45) is 11.3 Å². The zero-order valence-electron chi connectivity index (χ0n) is 21.2. The fourth-order valence-corrected chi connectivity index (χ4v) is 4.60. The maximum absolute atomic E-state index is 13.6. The monoisotopic (exact) mass is 486 g/mol. The number of nitrogens with one attached hydrogen (secondary N) is 1. The highest BCUT2D eigenvalue weighted by molar-refractivity contribution is 5.89. The Bertz CT molecular complexity index is 1010. The van der Waals surface area contributed by atoms with Gasteiger partial charge < -0.3 is 10.2 Å². The predicted molar refractivity (Wildman–Crippen MR) is 131 cm³/mol. The van der Waals surface area contributed by atoms with E-state index < -0.39 is 17.4 Å². The summed E-state index contributed by atoms with van der Waals surface area (Å²) in [5.41, 5.74) is 1.34. The van der Waals surface area contributed by atoms with E-state index in [4.69, 9.17) is 0 Å². The quantitative estimate of drug-likeness (QED) is 0.303. The fourth-order valence-electron chi connectivity index (χ4n) is 4.60. The van der Waals surface area contributed by atoms with E-state index in [2.05, 4.69) is 15.6 Å². The van der Waals surface area contributed by atoms with Gasteiger partial charge in [0.2, 0.25) is 18.2 Å².